The highest BCUT2D eigenvalue weighted by Gasteiger charge is 2.02. The van der Waals surface area contributed by atoms with E-state index in [4.69, 9.17) is 0 Å². The molecule has 0 spiro atoms. The largest absolute Gasteiger partial charge is 0.303 e. The first-order chi connectivity index (χ1) is 5.35. The van der Waals surface area contributed by atoms with Crippen molar-refractivity contribution in [2.75, 3.05) is 6.67 Å². The maximum atomic E-state index is 11.6. The molecule has 0 saturated heterocycles. The van der Waals surface area contributed by atoms with Crippen molar-refractivity contribution in [3.63, 3.8) is 0 Å². The Balaban J connectivity index is 3.14. The van der Waals surface area contributed by atoms with Crippen molar-refractivity contribution in [3.05, 3.63) is 0 Å². The molecule has 0 aromatic heterocycles. The van der Waals surface area contributed by atoms with Crippen LogP contribution in [-0.2, 0) is 4.79 Å². The average molecular weight is 160 g/mol. The van der Waals surface area contributed by atoms with Gasteiger partial charge in [0.15, 0.2) is 0 Å². The van der Waals surface area contributed by atoms with Crippen LogP contribution in [0.15, 0.2) is 0 Å². The highest BCUT2D eigenvalue weighted by atomic mass is 19.1. The van der Waals surface area contributed by atoms with Gasteiger partial charge in [-0.25, -0.2) is 0 Å². The van der Waals surface area contributed by atoms with Gasteiger partial charge in [0.25, 0.3) is 0 Å². The molecule has 0 aromatic carbocycles. The van der Waals surface area contributed by atoms with Crippen LogP contribution in [0.3, 0.4) is 0 Å². The van der Waals surface area contributed by atoms with Crippen LogP contribution in [0.4, 0.5) is 4.39 Å². The van der Waals surface area contributed by atoms with E-state index in [0.717, 1.165) is 32.0 Å². The van der Waals surface area contributed by atoms with Gasteiger partial charge in [-0.1, -0.05) is 19.8 Å². The van der Waals surface area contributed by atoms with Crippen LogP contribution in [-0.4, -0.2) is 13.0 Å². The number of rotatable bonds is 7. The third kappa shape index (κ3) is 6.02. The van der Waals surface area contributed by atoms with E-state index in [9.17, 15) is 9.18 Å². The maximum Gasteiger partial charge on any atom is 0.123 e. The van der Waals surface area contributed by atoms with Gasteiger partial charge in [0.05, 0.1) is 6.67 Å². The van der Waals surface area contributed by atoms with Crippen molar-refractivity contribution in [3.8, 4) is 0 Å². The number of alkyl halides is 1. The number of aldehydes is 1. The lowest BCUT2D eigenvalue weighted by Gasteiger charge is -2.04. The first-order valence-corrected chi connectivity index (χ1v) is 4.36. The second kappa shape index (κ2) is 7.70. The summed E-state index contributed by atoms with van der Waals surface area (Å²) in [6.07, 6.45) is 5.41. The Bertz CT molecular complexity index is 93.6. The number of carbonyl (C=O) groups excluding carboxylic acids is 1. The smallest absolute Gasteiger partial charge is 0.123 e. The van der Waals surface area contributed by atoms with Gasteiger partial charge in [-0.05, 0) is 19.3 Å². The zero-order valence-electron chi connectivity index (χ0n) is 7.18. The van der Waals surface area contributed by atoms with Gasteiger partial charge in [0, 0.05) is 5.92 Å². The lowest BCUT2D eigenvalue weighted by molar-refractivity contribution is -0.111. The Labute approximate surface area is 68.0 Å². The summed E-state index contributed by atoms with van der Waals surface area (Å²) < 4.78 is 11.6. The zero-order valence-corrected chi connectivity index (χ0v) is 7.18. The van der Waals surface area contributed by atoms with Gasteiger partial charge < -0.3 is 4.79 Å². The first-order valence-electron chi connectivity index (χ1n) is 4.36. The Kier molecular flexibility index (Phi) is 7.42. The summed E-state index contributed by atoms with van der Waals surface area (Å²) in [6, 6.07) is 0. The highest BCUT2D eigenvalue weighted by Crippen LogP contribution is 2.10. The standard InChI is InChI=1S/C9H17FO/c1-2-9(8-11)6-4-3-5-7-10/h8-9H,2-7H2,1H3. The fraction of sp³-hybridized carbons (Fsp3) is 0.889. The van der Waals surface area contributed by atoms with E-state index in [2.05, 4.69) is 0 Å². The van der Waals surface area contributed by atoms with E-state index < -0.39 is 0 Å². The molecule has 0 heterocycles. The molecule has 0 radical (unpaired) electrons. The van der Waals surface area contributed by atoms with Crippen LogP contribution in [0, 0.1) is 5.92 Å². The van der Waals surface area contributed by atoms with E-state index >= 15 is 0 Å². The lowest BCUT2D eigenvalue weighted by Crippen LogP contribution is -1.99. The summed E-state index contributed by atoms with van der Waals surface area (Å²) in [4.78, 5) is 10.3. The van der Waals surface area contributed by atoms with Gasteiger partial charge in [-0.2, -0.15) is 0 Å². The number of hydrogen-bond donors (Lipinski definition) is 0. The van der Waals surface area contributed by atoms with Gasteiger partial charge in [-0.3, -0.25) is 4.39 Å². The molecule has 0 fully saturated rings. The molecule has 1 atom stereocenters. The highest BCUT2D eigenvalue weighted by molar-refractivity contribution is 5.53. The molecule has 11 heavy (non-hydrogen) atoms. The normalized spacial score (nSPS) is 12.9. The van der Waals surface area contributed by atoms with E-state index in [-0.39, 0.29) is 12.6 Å². The van der Waals surface area contributed by atoms with Crippen LogP contribution in [0.2, 0.25) is 0 Å². The fourth-order valence-corrected chi connectivity index (χ4v) is 1.05. The third-order valence-electron chi connectivity index (χ3n) is 1.93. The third-order valence-corrected chi connectivity index (χ3v) is 1.93. The summed E-state index contributed by atoms with van der Waals surface area (Å²) in [5, 5.41) is 0. The monoisotopic (exact) mass is 160 g/mol. The molecule has 0 bridgehead atoms. The molecule has 2 heteroatoms. The molecule has 0 saturated carbocycles. The maximum absolute atomic E-state index is 11.6. The van der Waals surface area contributed by atoms with E-state index in [1.807, 2.05) is 6.92 Å². The molecule has 0 rings (SSSR count). The quantitative estimate of drug-likeness (QED) is 0.413. The molecular weight excluding hydrogens is 143 g/mol. The molecule has 0 N–H and O–H groups in total. The van der Waals surface area contributed by atoms with E-state index in [1.165, 1.54) is 0 Å². The molecule has 0 amide bonds. The molecule has 1 unspecified atom stereocenters. The van der Waals surface area contributed by atoms with Crippen molar-refractivity contribution in [2.45, 2.75) is 39.0 Å². The predicted octanol–water partition coefficient (Wildman–Crippen LogP) is 2.74. The summed E-state index contributed by atoms with van der Waals surface area (Å²) in [5.41, 5.74) is 0. The van der Waals surface area contributed by atoms with Crippen LogP contribution in [0.5, 0.6) is 0 Å². The minimum absolute atomic E-state index is 0.203. The number of halogens is 1. The van der Waals surface area contributed by atoms with Gasteiger partial charge in [-0.15, -0.1) is 0 Å². The average Bonchev–Trinajstić information content (AvgIpc) is 2.05. The topological polar surface area (TPSA) is 17.1 Å². The predicted molar refractivity (Wildman–Crippen MR) is 44.3 cm³/mol. The van der Waals surface area contributed by atoms with E-state index in [0.29, 0.717) is 6.42 Å². The van der Waals surface area contributed by atoms with Crippen LogP contribution >= 0.6 is 0 Å². The molecule has 0 aliphatic rings. The lowest BCUT2D eigenvalue weighted by atomic mass is 10.0. The number of carbonyl (C=O) groups is 1. The minimum atomic E-state index is -0.224. The molecule has 0 aliphatic heterocycles. The Morgan fingerprint density at radius 2 is 2.09 bits per heavy atom. The van der Waals surface area contributed by atoms with Crippen molar-refractivity contribution < 1.29 is 9.18 Å². The van der Waals surface area contributed by atoms with Crippen molar-refractivity contribution in [1.82, 2.24) is 0 Å². The van der Waals surface area contributed by atoms with Crippen molar-refractivity contribution in [1.29, 1.82) is 0 Å². The molecule has 0 aliphatic carbocycles. The number of unbranched alkanes of at least 4 members (excludes halogenated alkanes) is 2. The van der Waals surface area contributed by atoms with Crippen LogP contribution in [0.25, 0.3) is 0 Å². The Morgan fingerprint density at radius 1 is 1.36 bits per heavy atom. The zero-order chi connectivity index (χ0) is 8.53. The SMILES string of the molecule is CCC(C=O)CCCCCF. The van der Waals surface area contributed by atoms with Gasteiger partial charge >= 0.3 is 0 Å². The number of hydrogen-bond acceptors (Lipinski definition) is 1. The first kappa shape index (κ1) is 10.6. The van der Waals surface area contributed by atoms with Crippen LogP contribution < -0.4 is 0 Å². The van der Waals surface area contributed by atoms with Gasteiger partial charge in [0.2, 0.25) is 0 Å². The molecule has 66 valence electrons. The van der Waals surface area contributed by atoms with Crippen LogP contribution in [0.1, 0.15) is 39.0 Å². The summed E-state index contributed by atoms with van der Waals surface area (Å²) in [6.45, 7) is 1.78. The molecular formula is C9H17FO. The Morgan fingerprint density at radius 3 is 2.55 bits per heavy atom. The summed E-state index contributed by atoms with van der Waals surface area (Å²) in [7, 11) is 0. The van der Waals surface area contributed by atoms with E-state index in [1.54, 1.807) is 0 Å². The Hall–Kier alpha value is -0.400. The van der Waals surface area contributed by atoms with Crippen molar-refractivity contribution >= 4 is 6.29 Å². The van der Waals surface area contributed by atoms with Crippen molar-refractivity contribution in [2.24, 2.45) is 5.92 Å². The van der Waals surface area contributed by atoms with Gasteiger partial charge in [0.1, 0.15) is 6.29 Å². The summed E-state index contributed by atoms with van der Waals surface area (Å²) in [5.74, 6) is 0.203. The summed E-state index contributed by atoms with van der Waals surface area (Å²) >= 11 is 0. The molecule has 0 aromatic rings. The second-order valence-electron chi connectivity index (χ2n) is 2.84. The second-order valence-corrected chi connectivity index (χ2v) is 2.84. The molecule has 1 nitrogen and oxygen atoms in total. The fourth-order valence-electron chi connectivity index (χ4n) is 1.05. The minimum Gasteiger partial charge on any atom is -0.303 e.